The zero-order valence-corrected chi connectivity index (χ0v) is 7.39. The molecular weight excluding hydrogens is 146 g/mol. The summed E-state index contributed by atoms with van der Waals surface area (Å²) in [5, 5.41) is 9.08. The van der Waals surface area contributed by atoms with E-state index in [1.807, 2.05) is 0 Å². The Balaban J connectivity index is 0. The van der Waals surface area contributed by atoms with Crippen molar-refractivity contribution in [1.82, 2.24) is 6.15 Å². The van der Waals surface area contributed by atoms with Gasteiger partial charge in [0.1, 0.15) is 6.61 Å². The quantitative estimate of drug-likeness (QED) is 0.605. The molecule has 0 aromatic rings. The van der Waals surface area contributed by atoms with Gasteiger partial charge in [0.25, 0.3) is 0 Å². The molecule has 0 saturated carbocycles. The molecule has 11 heavy (non-hydrogen) atoms. The van der Waals surface area contributed by atoms with Crippen LogP contribution in [0.1, 0.15) is 27.2 Å². The molecule has 0 rings (SSSR count). The minimum atomic E-state index is -0.912. The number of carbonyl (C=O) groups excluding carboxylic acids is 1. The van der Waals surface area contributed by atoms with E-state index in [0.29, 0.717) is 6.42 Å². The molecule has 0 spiro atoms. The van der Waals surface area contributed by atoms with Gasteiger partial charge in [-0.05, 0) is 13.8 Å². The zero-order chi connectivity index (χ0) is 8.20. The molecule has 0 bridgehead atoms. The van der Waals surface area contributed by atoms with Crippen LogP contribution in [0.3, 0.4) is 0 Å². The predicted molar refractivity (Wildman–Crippen MR) is 42.6 cm³/mol. The van der Waals surface area contributed by atoms with Crippen molar-refractivity contribution in [2.75, 3.05) is 6.61 Å². The number of esters is 1. The van der Waals surface area contributed by atoms with Gasteiger partial charge in [0.05, 0.1) is 5.60 Å². The van der Waals surface area contributed by atoms with E-state index in [1.54, 1.807) is 20.8 Å². The second-order valence-electron chi connectivity index (χ2n) is 2.83. The molecule has 4 nitrogen and oxygen atoms in total. The van der Waals surface area contributed by atoms with Crippen LogP contribution in [0.15, 0.2) is 0 Å². The Hall–Kier alpha value is -0.610. The maximum absolute atomic E-state index is 10.5. The van der Waals surface area contributed by atoms with Crippen LogP contribution < -0.4 is 6.15 Å². The van der Waals surface area contributed by atoms with Crippen LogP contribution in [0.2, 0.25) is 0 Å². The van der Waals surface area contributed by atoms with Crippen molar-refractivity contribution >= 4 is 5.97 Å². The average molecular weight is 163 g/mol. The first-order valence-electron chi connectivity index (χ1n) is 3.33. The Morgan fingerprint density at radius 2 is 2.00 bits per heavy atom. The van der Waals surface area contributed by atoms with Crippen molar-refractivity contribution < 1.29 is 14.6 Å². The van der Waals surface area contributed by atoms with Crippen LogP contribution >= 0.6 is 0 Å². The highest BCUT2D eigenvalue weighted by atomic mass is 16.5. The summed E-state index contributed by atoms with van der Waals surface area (Å²) in [6.07, 6.45) is 0.357. The molecule has 0 unspecified atom stereocenters. The lowest BCUT2D eigenvalue weighted by Gasteiger charge is -2.16. The van der Waals surface area contributed by atoms with Gasteiger partial charge in [-0.25, -0.2) is 0 Å². The Labute approximate surface area is 67.1 Å². The van der Waals surface area contributed by atoms with Crippen molar-refractivity contribution in [3.8, 4) is 0 Å². The summed E-state index contributed by atoms with van der Waals surface area (Å²) < 4.78 is 4.67. The summed E-state index contributed by atoms with van der Waals surface area (Å²) >= 11 is 0. The molecule has 0 fully saturated rings. The molecule has 68 valence electrons. The summed E-state index contributed by atoms with van der Waals surface area (Å²) in [4.78, 5) is 10.5. The van der Waals surface area contributed by atoms with Gasteiger partial charge in [0.2, 0.25) is 0 Å². The number of ether oxygens (including phenoxy) is 1. The molecule has 0 atom stereocenters. The van der Waals surface area contributed by atoms with Crippen molar-refractivity contribution in [3.63, 3.8) is 0 Å². The van der Waals surface area contributed by atoms with Crippen molar-refractivity contribution in [2.24, 2.45) is 0 Å². The lowest BCUT2D eigenvalue weighted by Crippen LogP contribution is -2.27. The largest absolute Gasteiger partial charge is 0.463 e. The van der Waals surface area contributed by atoms with Gasteiger partial charge < -0.3 is 16.0 Å². The molecule has 0 aliphatic carbocycles. The fraction of sp³-hybridized carbons (Fsp3) is 0.857. The van der Waals surface area contributed by atoms with Gasteiger partial charge in [-0.2, -0.15) is 0 Å². The molecule has 0 aliphatic rings. The van der Waals surface area contributed by atoms with Gasteiger partial charge in [0.15, 0.2) is 0 Å². The summed E-state index contributed by atoms with van der Waals surface area (Å²) in [5.74, 6) is -0.276. The Kier molecular flexibility index (Phi) is 6.03. The first kappa shape index (κ1) is 13.0. The Morgan fingerprint density at radius 1 is 1.55 bits per heavy atom. The third-order valence-electron chi connectivity index (χ3n) is 0.875. The smallest absolute Gasteiger partial charge is 0.305 e. The van der Waals surface area contributed by atoms with Gasteiger partial charge in [-0.15, -0.1) is 0 Å². The molecule has 4 heteroatoms. The molecule has 0 saturated heterocycles. The van der Waals surface area contributed by atoms with E-state index in [-0.39, 0.29) is 18.7 Å². The summed E-state index contributed by atoms with van der Waals surface area (Å²) in [5.41, 5.74) is -0.912. The monoisotopic (exact) mass is 163 g/mol. The van der Waals surface area contributed by atoms with E-state index in [4.69, 9.17) is 5.11 Å². The maximum atomic E-state index is 10.5. The fourth-order valence-corrected chi connectivity index (χ4v) is 0.359. The Morgan fingerprint density at radius 3 is 2.27 bits per heavy atom. The first-order valence-corrected chi connectivity index (χ1v) is 3.33. The van der Waals surface area contributed by atoms with Crippen LogP contribution in [0.25, 0.3) is 0 Å². The minimum Gasteiger partial charge on any atom is -0.463 e. The maximum Gasteiger partial charge on any atom is 0.305 e. The van der Waals surface area contributed by atoms with E-state index in [9.17, 15) is 4.79 Å². The standard InChI is InChI=1S/C7H14O3.H3N/c1-4-6(8)10-5-7(2,3)9;/h9H,4-5H2,1-3H3;1H3. The second-order valence-corrected chi connectivity index (χ2v) is 2.83. The third-order valence-corrected chi connectivity index (χ3v) is 0.875. The number of rotatable bonds is 3. The lowest BCUT2D eigenvalue weighted by atomic mass is 10.2. The molecule has 0 aromatic carbocycles. The van der Waals surface area contributed by atoms with Crippen LogP contribution in [-0.2, 0) is 9.53 Å². The van der Waals surface area contributed by atoms with Crippen LogP contribution in [0.4, 0.5) is 0 Å². The van der Waals surface area contributed by atoms with E-state index < -0.39 is 5.60 Å². The molecule has 4 N–H and O–H groups in total. The van der Waals surface area contributed by atoms with Crippen LogP contribution in [0, 0.1) is 0 Å². The summed E-state index contributed by atoms with van der Waals surface area (Å²) in [6.45, 7) is 4.97. The lowest BCUT2D eigenvalue weighted by molar-refractivity contribution is -0.149. The van der Waals surface area contributed by atoms with E-state index in [1.165, 1.54) is 0 Å². The van der Waals surface area contributed by atoms with E-state index >= 15 is 0 Å². The topological polar surface area (TPSA) is 81.5 Å². The molecular formula is C7H17NO3. The van der Waals surface area contributed by atoms with Crippen LogP contribution in [-0.4, -0.2) is 23.3 Å². The molecule has 0 aromatic heterocycles. The number of carbonyl (C=O) groups is 1. The average Bonchev–Trinajstić information content (AvgIpc) is 1.81. The summed E-state index contributed by atoms with van der Waals surface area (Å²) in [6, 6.07) is 0. The zero-order valence-electron chi connectivity index (χ0n) is 7.39. The first-order chi connectivity index (χ1) is 4.45. The normalized spacial score (nSPS) is 10.2. The molecule has 0 heterocycles. The van der Waals surface area contributed by atoms with Gasteiger partial charge in [-0.3, -0.25) is 4.79 Å². The third kappa shape index (κ3) is 9.39. The molecule has 0 radical (unpaired) electrons. The number of hydrogen-bond acceptors (Lipinski definition) is 4. The highest BCUT2D eigenvalue weighted by Gasteiger charge is 2.14. The highest BCUT2D eigenvalue weighted by Crippen LogP contribution is 2.01. The van der Waals surface area contributed by atoms with Gasteiger partial charge in [-0.1, -0.05) is 6.92 Å². The fourth-order valence-electron chi connectivity index (χ4n) is 0.359. The van der Waals surface area contributed by atoms with E-state index in [0.717, 1.165) is 0 Å². The van der Waals surface area contributed by atoms with Gasteiger partial charge in [0, 0.05) is 6.42 Å². The summed E-state index contributed by atoms with van der Waals surface area (Å²) in [7, 11) is 0. The number of aliphatic hydroxyl groups is 1. The van der Waals surface area contributed by atoms with Gasteiger partial charge >= 0.3 is 5.97 Å². The SMILES string of the molecule is CCC(=O)OCC(C)(C)O.N. The van der Waals surface area contributed by atoms with Crippen molar-refractivity contribution in [2.45, 2.75) is 32.8 Å². The molecule has 0 aliphatic heterocycles. The Bertz CT molecular complexity index is 117. The van der Waals surface area contributed by atoms with Crippen molar-refractivity contribution in [1.29, 1.82) is 0 Å². The predicted octanol–water partition coefficient (Wildman–Crippen LogP) is 0.873. The molecule has 0 amide bonds. The second kappa shape index (κ2) is 5.09. The van der Waals surface area contributed by atoms with Crippen LogP contribution in [0.5, 0.6) is 0 Å². The van der Waals surface area contributed by atoms with E-state index in [2.05, 4.69) is 4.74 Å². The highest BCUT2D eigenvalue weighted by molar-refractivity contribution is 5.68. The van der Waals surface area contributed by atoms with Crippen molar-refractivity contribution in [3.05, 3.63) is 0 Å². The minimum absolute atomic E-state index is 0. The number of hydrogen-bond donors (Lipinski definition) is 2.